The maximum Gasteiger partial charge on any atom is 0.410 e. The lowest BCUT2D eigenvalue weighted by Gasteiger charge is -2.06. The number of hydrogen-bond donors (Lipinski definition) is 3. The molecular weight excluding hydrogens is 198 g/mol. The molecule has 1 heterocycles. The van der Waals surface area contributed by atoms with E-state index in [2.05, 4.69) is 10.4 Å². The summed E-state index contributed by atoms with van der Waals surface area (Å²) in [5, 5.41) is 24.3. The molecular formula is C9H13N3O3. The van der Waals surface area contributed by atoms with Gasteiger partial charge in [-0.2, -0.15) is 5.10 Å². The number of hydrogen-bond acceptors (Lipinski definition) is 3. The van der Waals surface area contributed by atoms with E-state index < -0.39 is 12.2 Å². The van der Waals surface area contributed by atoms with Crippen LogP contribution >= 0.6 is 0 Å². The van der Waals surface area contributed by atoms with Gasteiger partial charge in [-0.3, -0.25) is 10.00 Å². The first-order chi connectivity index (χ1) is 7.08. The highest BCUT2D eigenvalue weighted by atomic mass is 16.4. The molecule has 1 atom stereocenters. The number of nitrogens with one attached hydrogen (secondary N) is 1. The quantitative estimate of drug-likeness (QED) is 0.704. The van der Waals surface area contributed by atoms with Crippen LogP contribution in [0.1, 0.15) is 37.6 Å². The molecule has 0 saturated heterocycles. The zero-order valence-electron chi connectivity index (χ0n) is 8.34. The number of aliphatic hydroxyl groups excluding tert-OH is 1. The van der Waals surface area contributed by atoms with Gasteiger partial charge < -0.3 is 10.2 Å². The molecule has 0 radical (unpaired) electrons. The molecule has 1 aliphatic carbocycles. The number of rotatable bonds is 3. The molecule has 0 aliphatic heterocycles. The molecule has 0 aromatic carbocycles. The van der Waals surface area contributed by atoms with E-state index in [0.29, 0.717) is 11.7 Å². The molecule has 2 rings (SSSR count). The number of carbonyl (C=O) groups is 1. The molecule has 1 unspecified atom stereocenters. The Balaban J connectivity index is 2.26. The van der Waals surface area contributed by atoms with Gasteiger partial charge in [0.15, 0.2) is 5.82 Å². The van der Waals surface area contributed by atoms with Gasteiger partial charge in [0, 0.05) is 6.07 Å². The Kier molecular flexibility index (Phi) is 2.36. The average Bonchev–Trinajstić information content (AvgIpc) is 2.87. The van der Waals surface area contributed by atoms with Gasteiger partial charge in [0.1, 0.15) is 0 Å². The first kappa shape index (κ1) is 9.97. The Hall–Kier alpha value is -1.56. The van der Waals surface area contributed by atoms with Crippen molar-refractivity contribution >= 4 is 11.9 Å². The summed E-state index contributed by atoms with van der Waals surface area (Å²) in [7, 11) is 0. The van der Waals surface area contributed by atoms with Crippen LogP contribution in [0.25, 0.3) is 0 Å². The molecule has 82 valence electrons. The predicted octanol–water partition coefficient (Wildman–Crippen LogP) is 1.36. The second-order valence-electron chi connectivity index (χ2n) is 3.74. The Bertz CT molecular complexity index is 362. The first-order valence-corrected chi connectivity index (χ1v) is 4.85. The van der Waals surface area contributed by atoms with Crippen LogP contribution in [-0.2, 0) is 0 Å². The van der Waals surface area contributed by atoms with Gasteiger partial charge in [-0.25, -0.2) is 4.79 Å². The summed E-state index contributed by atoms with van der Waals surface area (Å²) in [5.74, 6) is 0.269. The number of aromatic nitrogens is 2. The monoisotopic (exact) mass is 211 g/mol. The summed E-state index contributed by atoms with van der Waals surface area (Å²) < 4.78 is 1.70. The van der Waals surface area contributed by atoms with Crippen molar-refractivity contribution in [3.8, 4) is 0 Å². The number of nitrogens with zero attached hydrogens (tertiary/aromatic N) is 2. The zero-order valence-corrected chi connectivity index (χ0v) is 8.34. The van der Waals surface area contributed by atoms with E-state index in [1.807, 2.05) is 0 Å². The summed E-state index contributed by atoms with van der Waals surface area (Å²) in [6, 6.07) is 1.89. The molecule has 3 N–H and O–H groups in total. The summed E-state index contributed by atoms with van der Waals surface area (Å²) in [6.07, 6.45) is 0.289. The lowest BCUT2D eigenvalue weighted by molar-refractivity contribution is 0.187. The van der Waals surface area contributed by atoms with Crippen LogP contribution in [0, 0.1) is 0 Å². The molecule has 1 saturated carbocycles. The van der Waals surface area contributed by atoms with Crippen LogP contribution in [-0.4, -0.2) is 26.1 Å². The van der Waals surface area contributed by atoms with Crippen molar-refractivity contribution in [2.45, 2.75) is 31.9 Å². The minimum atomic E-state index is -1.15. The fourth-order valence-electron chi connectivity index (χ4n) is 1.50. The Labute approximate surface area is 86.5 Å². The van der Waals surface area contributed by atoms with Crippen molar-refractivity contribution < 1.29 is 15.0 Å². The third kappa shape index (κ3) is 2.10. The topological polar surface area (TPSA) is 87.4 Å². The van der Waals surface area contributed by atoms with Crippen LogP contribution in [0.4, 0.5) is 10.6 Å². The number of anilines is 1. The van der Waals surface area contributed by atoms with E-state index in [0.717, 1.165) is 12.8 Å². The smallest absolute Gasteiger partial charge is 0.410 e. The SMILES string of the molecule is CC(O)c1cc(NC(=O)O)nn1C1CC1. The van der Waals surface area contributed by atoms with Crippen molar-refractivity contribution in [3.63, 3.8) is 0 Å². The van der Waals surface area contributed by atoms with Crippen molar-refractivity contribution in [1.29, 1.82) is 0 Å². The van der Waals surface area contributed by atoms with E-state index in [4.69, 9.17) is 5.11 Å². The second kappa shape index (κ2) is 3.54. The van der Waals surface area contributed by atoms with Gasteiger partial charge in [0.05, 0.1) is 17.8 Å². The molecule has 15 heavy (non-hydrogen) atoms. The van der Waals surface area contributed by atoms with Crippen LogP contribution in [0.15, 0.2) is 6.07 Å². The number of carboxylic acid groups (broad SMARTS) is 1. The number of aliphatic hydroxyl groups is 1. The highest BCUT2D eigenvalue weighted by Crippen LogP contribution is 2.37. The highest BCUT2D eigenvalue weighted by molar-refractivity contribution is 5.81. The van der Waals surface area contributed by atoms with Gasteiger partial charge in [0.25, 0.3) is 0 Å². The normalized spacial score (nSPS) is 17.5. The predicted molar refractivity (Wildman–Crippen MR) is 52.8 cm³/mol. The van der Waals surface area contributed by atoms with E-state index in [9.17, 15) is 9.90 Å². The maximum atomic E-state index is 10.4. The Morgan fingerprint density at radius 1 is 1.73 bits per heavy atom. The van der Waals surface area contributed by atoms with Gasteiger partial charge in [-0.05, 0) is 19.8 Å². The molecule has 0 spiro atoms. The molecule has 6 heteroatoms. The molecule has 1 aromatic heterocycles. The van der Waals surface area contributed by atoms with E-state index in [-0.39, 0.29) is 5.82 Å². The molecule has 1 aromatic rings. The third-order valence-electron chi connectivity index (χ3n) is 2.32. The molecule has 1 fully saturated rings. The average molecular weight is 211 g/mol. The summed E-state index contributed by atoms with van der Waals surface area (Å²) in [4.78, 5) is 10.4. The molecule has 0 bridgehead atoms. The molecule has 6 nitrogen and oxygen atoms in total. The highest BCUT2D eigenvalue weighted by Gasteiger charge is 2.28. The van der Waals surface area contributed by atoms with Crippen molar-refractivity contribution in [1.82, 2.24) is 9.78 Å². The maximum absolute atomic E-state index is 10.4. The minimum Gasteiger partial charge on any atom is -0.465 e. The van der Waals surface area contributed by atoms with E-state index in [1.54, 1.807) is 17.7 Å². The van der Waals surface area contributed by atoms with Gasteiger partial charge >= 0.3 is 6.09 Å². The number of amides is 1. The van der Waals surface area contributed by atoms with E-state index >= 15 is 0 Å². The lowest BCUT2D eigenvalue weighted by atomic mass is 10.3. The van der Waals surface area contributed by atoms with Crippen LogP contribution in [0.3, 0.4) is 0 Å². The molecule has 1 amide bonds. The Morgan fingerprint density at radius 3 is 2.87 bits per heavy atom. The largest absolute Gasteiger partial charge is 0.465 e. The van der Waals surface area contributed by atoms with Crippen molar-refractivity contribution in [2.24, 2.45) is 0 Å². The van der Waals surface area contributed by atoms with Crippen LogP contribution in [0.2, 0.25) is 0 Å². The Morgan fingerprint density at radius 2 is 2.40 bits per heavy atom. The van der Waals surface area contributed by atoms with Crippen LogP contribution < -0.4 is 5.32 Å². The fourth-order valence-corrected chi connectivity index (χ4v) is 1.50. The van der Waals surface area contributed by atoms with Crippen LogP contribution in [0.5, 0.6) is 0 Å². The molecule has 1 aliphatic rings. The standard InChI is InChI=1S/C9H13N3O3/c1-5(13)7-4-8(10-9(14)15)11-12(7)6-2-3-6/h4-6,13H,2-3H2,1H3,(H,10,11)(H,14,15). The summed E-state index contributed by atoms with van der Waals surface area (Å²) >= 11 is 0. The second-order valence-corrected chi connectivity index (χ2v) is 3.74. The van der Waals surface area contributed by atoms with Gasteiger partial charge in [-0.1, -0.05) is 0 Å². The minimum absolute atomic E-state index is 0.269. The van der Waals surface area contributed by atoms with Crippen molar-refractivity contribution in [3.05, 3.63) is 11.8 Å². The zero-order chi connectivity index (χ0) is 11.0. The fraction of sp³-hybridized carbons (Fsp3) is 0.556. The summed E-state index contributed by atoms with van der Waals surface area (Å²) in [5.41, 5.74) is 0.654. The van der Waals surface area contributed by atoms with Crippen molar-refractivity contribution in [2.75, 3.05) is 5.32 Å². The third-order valence-corrected chi connectivity index (χ3v) is 2.32. The summed E-state index contributed by atoms with van der Waals surface area (Å²) in [6.45, 7) is 1.64. The van der Waals surface area contributed by atoms with Gasteiger partial charge in [0.2, 0.25) is 0 Å². The lowest BCUT2D eigenvalue weighted by Crippen LogP contribution is -2.08. The first-order valence-electron chi connectivity index (χ1n) is 4.85. The van der Waals surface area contributed by atoms with E-state index in [1.165, 1.54) is 0 Å². The van der Waals surface area contributed by atoms with Gasteiger partial charge in [-0.15, -0.1) is 0 Å².